The molecule has 1 N–H and O–H groups in total. The van der Waals surface area contributed by atoms with Gasteiger partial charge < -0.3 is 10.2 Å². The van der Waals surface area contributed by atoms with E-state index in [1.165, 1.54) is 27.7 Å². The van der Waals surface area contributed by atoms with E-state index in [0.29, 0.717) is 0 Å². The monoisotopic (exact) mass is 372 g/mol. The van der Waals surface area contributed by atoms with Crippen molar-refractivity contribution < 1.29 is 0 Å². The Labute approximate surface area is 166 Å². The molecule has 0 radical (unpaired) electrons. The lowest BCUT2D eigenvalue weighted by Gasteiger charge is -2.22. The van der Waals surface area contributed by atoms with Gasteiger partial charge in [0.2, 0.25) is 0 Å². The smallest absolute Gasteiger partial charge is 0.0467 e. The van der Waals surface area contributed by atoms with Crippen molar-refractivity contribution in [1.82, 2.24) is 0 Å². The Bertz CT molecular complexity index is 1060. The van der Waals surface area contributed by atoms with Crippen molar-refractivity contribution in [2.45, 2.75) is 19.3 Å². The molecule has 4 rings (SSSR count). The van der Waals surface area contributed by atoms with Crippen LogP contribution in [0.25, 0.3) is 10.8 Å². The number of fused-ring (bicyclic) bond motifs is 3. The van der Waals surface area contributed by atoms with E-state index in [1.807, 2.05) is 14.1 Å². The zero-order chi connectivity index (χ0) is 19.2. The molecule has 0 amide bonds. The van der Waals surface area contributed by atoms with Crippen molar-refractivity contribution in [2.24, 2.45) is 0 Å². The molecule has 1 aliphatic rings. The van der Waals surface area contributed by atoms with E-state index in [4.69, 9.17) is 12.2 Å². The Kier molecular flexibility index (Phi) is 4.27. The molecule has 0 bridgehead atoms. The first-order valence-corrected chi connectivity index (χ1v) is 9.62. The Morgan fingerprint density at radius 3 is 2.37 bits per heavy atom. The first-order valence-electron chi connectivity index (χ1n) is 9.21. The van der Waals surface area contributed by atoms with Gasteiger partial charge in [0.15, 0.2) is 0 Å². The van der Waals surface area contributed by atoms with Gasteiger partial charge in [0.25, 0.3) is 0 Å². The van der Waals surface area contributed by atoms with Gasteiger partial charge in [-0.25, -0.2) is 0 Å². The summed E-state index contributed by atoms with van der Waals surface area (Å²) in [6.45, 7) is 4.53. The van der Waals surface area contributed by atoms with Gasteiger partial charge in [-0.3, -0.25) is 0 Å². The minimum atomic E-state index is -0.121. The Hall–Kier alpha value is -2.65. The van der Waals surface area contributed by atoms with Crippen LogP contribution in [0, 0.1) is 0 Å². The molecule has 0 unspecified atom stereocenters. The number of hydrogen-bond acceptors (Lipinski definition) is 3. The number of anilines is 2. The van der Waals surface area contributed by atoms with Crippen LogP contribution in [0.3, 0.4) is 0 Å². The molecule has 0 saturated carbocycles. The summed E-state index contributed by atoms with van der Waals surface area (Å²) < 4.78 is 0. The molecule has 3 aromatic carbocycles. The van der Waals surface area contributed by atoms with Crippen molar-refractivity contribution in [3.8, 4) is 0 Å². The molecule has 1 heterocycles. The van der Waals surface area contributed by atoms with Gasteiger partial charge in [0.1, 0.15) is 0 Å². The largest absolute Gasteiger partial charge is 0.378 e. The molecule has 0 atom stereocenters. The van der Waals surface area contributed by atoms with Crippen LogP contribution in [0.2, 0.25) is 0 Å². The Balaban J connectivity index is 1.72. The molecular formula is C24H24N2S. The second kappa shape index (κ2) is 6.50. The van der Waals surface area contributed by atoms with Crippen LogP contribution in [0.4, 0.5) is 11.4 Å². The fourth-order valence-corrected chi connectivity index (χ4v) is 4.09. The highest BCUT2D eigenvalue weighted by atomic mass is 32.1. The summed E-state index contributed by atoms with van der Waals surface area (Å²) in [6, 6.07) is 21.3. The van der Waals surface area contributed by atoms with Crippen LogP contribution in [0.15, 0.2) is 72.4 Å². The number of rotatable bonds is 3. The van der Waals surface area contributed by atoms with Crippen molar-refractivity contribution in [2.75, 3.05) is 24.3 Å². The highest BCUT2D eigenvalue weighted by Crippen LogP contribution is 2.46. The lowest BCUT2D eigenvalue weighted by Crippen LogP contribution is -2.19. The van der Waals surface area contributed by atoms with Crippen molar-refractivity contribution in [3.63, 3.8) is 0 Å². The molecule has 0 saturated heterocycles. The standard InChI is InChI=1S/C24H24N2S/c1-24(2)22(15-21(27)17-9-12-18(13-10-17)26(3)4)25-20-14-11-16-7-5-6-8-19(16)23(20)24/h5-15,25H,1-4H3/b22-15-. The van der Waals surface area contributed by atoms with Crippen molar-refractivity contribution >= 4 is 39.2 Å². The molecule has 0 aromatic heterocycles. The second-order valence-corrected chi connectivity index (χ2v) is 8.26. The van der Waals surface area contributed by atoms with Crippen LogP contribution in [0.5, 0.6) is 0 Å². The molecule has 136 valence electrons. The number of nitrogens with zero attached hydrogens (tertiary/aromatic N) is 1. The fraction of sp³-hybridized carbons (Fsp3) is 0.208. The average Bonchev–Trinajstić information content (AvgIpc) is 2.92. The summed E-state index contributed by atoms with van der Waals surface area (Å²) in [5.74, 6) is 0. The van der Waals surface area contributed by atoms with Crippen LogP contribution < -0.4 is 10.2 Å². The molecule has 0 fully saturated rings. The fourth-order valence-electron chi connectivity index (χ4n) is 3.84. The normalized spacial score (nSPS) is 16.2. The summed E-state index contributed by atoms with van der Waals surface area (Å²) in [5, 5.41) is 6.19. The van der Waals surface area contributed by atoms with Gasteiger partial charge in [0, 0.05) is 41.4 Å². The quantitative estimate of drug-likeness (QED) is 0.349. The van der Waals surface area contributed by atoms with Gasteiger partial charge in [-0.2, -0.15) is 0 Å². The first-order chi connectivity index (χ1) is 12.9. The van der Waals surface area contributed by atoms with E-state index in [0.717, 1.165) is 16.1 Å². The summed E-state index contributed by atoms with van der Waals surface area (Å²) in [4.78, 5) is 2.95. The van der Waals surface area contributed by atoms with E-state index >= 15 is 0 Å². The van der Waals surface area contributed by atoms with Crippen molar-refractivity contribution in [1.29, 1.82) is 0 Å². The molecule has 3 heteroatoms. The Morgan fingerprint density at radius 2 is 1.67 bits per heavy atom. The second-order valence-electron chi connectivity index (χ2n) is 7.82. The maximum Gasteiger partial charge on any atom is 0.0467 e. The third-order valence-electron chi connectivity index (χ3n) is 5.44. The van der Waals surface area contributed by atoms with Crippen LogP contribution >= 0.6 is 12.2 Å². The molecule has 3 aromatic rings. The topological polar surface area (TPSA) is 15.3 Å². The molecule has 27 heavy (non-hydrogen) atoms. The average molecular weight is 373 g/mol. The lowest BCUT2D eigenvalue weighted by molar-refractivity contribution is 0.660. The number of allylic oxidation sites excluding steroid dienone is 2. The SMILES string of the molecule is CN(C)c1ccc(C(=S)/C=C2\Nc3ccc4ccccc4c3C2(C)C)cc1. The minimum absolute atomic E-state index is 0.121. The molecule has 1 aliphatic heterocycles. The molecule has 2 nitrogen and oxygen atoms in total. The number of hydrogen-bond donors (Lipinski definition) is 1. The predicted octanol–water partition coefficient (Wildman–Crippen LogP) is 5.91. The van der Waals surface area contributed by atoms with E-state index < -0.39 is 0 Å². The first kappa shape index (κ1) is 17.7. The van der Waals surface area contributed by atoms with E-state index in [-0.39, 0.29) is 5.41 Å². The van der Waals surface area contributed by atoms with Crippen LogP contribution in [-0.2, 0) is 5.41 Å². The summed E-state index contributed by atoms with van der Waals surface area (Å²) in [5.41, 5.74) is 5.79. The Morgan fingerprint density at radius 1 is 0.963 bits per heavy atom. The number of benzene rings is 3. The summed E-state index contributed by atoms with van der Waals surface area (Å²) in [7, 11) is 4.09. The zero-order valence-electron chi connectivity index (χ0n) is 16.2. The lowest BCUT2D eigenvalue weighted by atomic mass is 9.81. The number of thiocarbonyl (C=S) groups is 1. The van der Waals surface area contributed by atoms with E-state index in [2.05, 4.69) is 90.8 Å². The van der Waals surface area contributed by atoms with Crippen LogP contribution in [0.1, 0.15) is 25.0 Å². The van der Waals surface area contributed by atoms with Crippen LogP contribution in [-0.4, -0.2) is 19.0 Å². The molecular weight excluding hydrogens is 348 g/mol. The maximum absolute atomic E-state index is 5.75. The third kappa shape index (κ3) is 3.02. The van der Waals surface area contributed by atoms with Crippen molar-refractivity contribution in [3.05, 3.63) is 83.6 Å². The summed E-state index contributed by atoms with van der Waals surface area (Å²) in [6.07, 6.45) is 2.12. The minimum Gasteiger partial charge on any atom is -0.378 e. The zero-order valence-corrected chi connectivity index (χ0v) is 17.0. The van der Waals surface area contributed by atoms with E-state index in [9.17, 15) is 0 Å². The van der Waals surface area contributed by atoms with Gasteiger partial charge in [-0.05, 0) is 46.2 Å². The van der Waals surface area contributed by atoms with Gasteiger partial charge in [-0.1, -0.05) is 68.5 Å². The molecule has 0 spiro atoms. The van der Waals surface area contributed by atoms with Gasteiger partial charge in [0.05, 0.1) is 0 Å². The number of nitrogens with one attached hydrogen (secondary N) is 1. The third-order valence-corrected chi connectivity index (χ3v) is 5.79. The highest BCUT2D eigenvalue weighted by Gasteiger charge is 2.36. The molecule has 0 aliphatic carbocycles. The summed E-state index contributed by atoms with van der Waals surface area (Å²) >= 11 is 5.75. The predicted molar refractivity (Wildman–Crippen MR) is 121 cm³/mol. The van der Waals surface area contributed by atoms with Gasteiger partial charge in [-0.15, -0.1) is 0 Å². The van der Waals surface area contributed by atoms with E-state index in [1.54, 1.807) is 0 Å². The van der Waals surface area contributed by atoms with Gasteiger partial charge >= 0.3 is 0 Å². The highest BCUT2D eigenvalue weighted by molar-refractivity contribution is 7.81. The maximum atomic E-state index is 5.75.